The van der Waals surface area contributed by atoms with Crippen molar-refractivity contribution in [1.29, 1.82) is 5.26 Å². The Morgan fingerprint density at radius 3 is 2.90 bits per heavy atom. The average molecular weight is 400 g/mol. The van der Waals surface area contributed by atoms with Gasteiger partial charge in [0.25, 0.3) is 5.91 Å². The summed E-state index contributed by atoms with van der Waals surface area (Å²) in [6.45, 7) is 0.927. The first-order chi connectivity index (χ1) is 14.6. The van der Waals surface area contributed by atoms with E-state index in [0.29, 0.717) is 42.1 Å². The number of fused-ring (bicyclic) bond motifs is 1. The van der Waals surface area contributed by atoms with Gasteiger partial charge < -0.3 is 9.88 Å². The molecule has 30 heavy (non-hydrogen) atoms. The monoisotopic (exact) mass is 400 g/mol. The maximum Gasteiger partial charge on any atom is 0.270 e. The Hall–Kier alpha value is -3.99. The van der Waals surface area contributed by atoms with Crippen LogP contribution in [0.5, 0.6) is 0 Å². The summed E-state index contributed by atoms with van der Waals surface area (Å²) in [6, 6.07) is 14.7. The molecule has 1 unspecified atom stereocenters. The Balaban J connectivity index is 1.35. The number of nitrogens with zero attached hydrogens (tertiary/aromatic N) is 5. The highest BCUT2D eigenvalue weighted by Crippen LogP contribution is 2.30. The van der Waals surface area contributed by atoms with Crippen LogP contribution in [0.3, 0.4) is 0 Å². The molecule has 1 fully saturated rings. The quantitative estimate of drug-likeness (QED) is 0.571. The van der Waals surface area contributed by atoms with Crippen LogP contribution in [-0.4, -0.2) is 43.6 Å². The van der Waals surface area contributed by atoms with Crippen LogP contribution in [0.1, 0.15) is 34.2 Å². The van der Waals surface area contributed by atoms with Gasteiger partial charge in [-0.25, -0.2) is 14.1 Å². The van der Waals surface area contributed by atoms with Gasteiger partial charge in [-0.05, 0) is 30.7 Å². The molecule has 0 aliphatic carbocycles. The average Bonchev–Trinajstić information content (AvgIpc) is 3.51. The van der Waals surface area contributed by atoms with Gasteiger partial charge in [-0.15, -0.1) is 0 Å². The number of nitrogens with one attached hydrogen (secondary N) is 1. The number of benzene rings is 1. The first kappa shape index (κ1) is 18.1. The van der Waals surface area contributed by atoms with Crippen molar-refractivity contribution >= 4 is 16.8 Å². The Morgan fingerprint density at radius 1 is 1.27 bits per heavy atom. The molecule has 7 nitrogen and oxygen atoms in total. The zero-order chi connectivity index (χ0) is 20.7. The molecule has 1 aromatic carbocycles. The Morgan fingerprint density at radius 2 is 2.10 bits per heavy atom. The van der Waals surface area contributed by atoms with Crippen LogP contribution < -0.4 is 0 Å². The number of rotatable bonds is 3. The van der Waals surface area contributed by atoms with Crippen LogP contribution >= 0.6 is 0 Å². The third-order valence-corrected chi connectivity index (χ3v) is 5.43. The SMILES string of the molecule is N#Cc1cc2cc(C(=O)N3CCC(c4nn(-c5ccccc5)cc4F)C3)[nH]c2cn1. The first-order valence-corrected chi connectivity index (χ1v) is 9.61. The largest absolute Gasteiger partial charge is 0.349 e. The molecule has 1 atom stereocenters. The summed E-state index contributed by atoms with van der Waals surface area (Å²) in [5.74, 6) is -0.677. The van der Waals surface area contributed by atoms with Crippen LogP contribution in [0.15, 0.2) is 54.9 Å². The number of halogens is 1. The van der Waals surface area contributed by atoms with Gasteiger partial charge in [-0.3, -0.25) is 4.79 Å². The predicted octanol–water partition coefficient (Wildman–Crippen LogP) is 3.39. The lowest BCUT2D eigenvalue weighted by atomic mass is 10.1. The van der Waals surface area contributed by atoms with E-state index in [-0.39, 0.29) is 17.6 Å². The van der Waals surface area contributed by atoms with Gasteiger partial charge in [0.15, 0.2) is 5.82 Å². The number of pyridine rings is 1. The van der Waals surface area contributed by atoms with Crippen LogP contribution in [0.2, 0.25) is 0 Å². The Kier molecular flexibility index (Phi) is 4.29. The lowest BCUT2D eigenvalue weighted by Crippen LogP contribution is -2.28. The molecule has 3 aromatic heterocycles. The molecule has 0 spiro atoms. The number of para-hydroxylation sites is 1. The molecule has 4 aromatic rings. The van der Waals surface area contributed by atoms with Gasteiger partial charge in [-0.1, -0.05) is 18.2 Å². The van der Waals surface area contributed by atoms with Gasteiger partial charge in [0.2, 0.25) is 0 Å². The molecule has 1 N–H and O–H groups in total. The molecular weight excluding hydrogens is 383 g/mol. The lowest BCUT2D eigenvalue weighted by Gasteiger charge is -2.15. The van der Waals surface area contributed by atoms with Crippen molar-refractivity contribution in [3.8, 4) is 11.8 Å². The van der Waals surface area contributed by atoms with Crippen molar-refractivity contribution in [3.05, 3.63) is 77.8 Å². The van der Waals surface area contributed by atoms with E-state index in [1.54, 1.807) is 23.2 Å². The van der Waals surface area contributed by atoms with Crippen molar-refractivity contribution < 1.29 is 9.18 Å². The summed E-state index contributed by atoms with van der Waals surface area (Å²) < 4.78 is 16.1. The second-order valence-electron chi connectivity index (χ2n) is 7.33. The third kappa shape index (κ3) is 3.10. The predicted molar refractivity (Wildman–Crippen MR) is 108 cm³/mol. The minimum Gasteiger partial charge on any atom is -0.349 e. The van der Waals surface area contributed by atoms with Crippen LogP contribution in [0, 0.1) is 17.1 Å². The van der Waals surface area contributed by atoms with Crippen LogP contribution in [0.4, 0.5) is 4.39 Å². The number of nitriles is 1. The minimum atomic E-state index is -0.362. The fourth-order valence-electron chi connectivity index (χ4n) is 3.90. The minimum absolute atomic E-state index is 0.157. The number of carbonyl (C=O) groups is 1. The standard InChI is InChI=1S/C22H17FN6O/c23-18-13-29(17-4-2-1-3-5-17)27-21(18)14-6-7-28(12-14)22(30)19-9-15-8-16(10-24)25-11-20(15)26-19/h1-5,8-9,11,13-14,26H,6-7,12H2. The molecule has 0 bridgehead atoms. The van der Waals surface area contributed by atoms with Crippen LogP contribution in [0.25, 0.3) is 16.6 Å². The number of hydrogen-bond acceptors (Lipinski definition) is 4. The molecule has 4 heterocycles. The van der Waals surface area contributed by atoms with Gasteiger partial charge in [0.1, 0.15) is 23.2 Å². The van der Waals surface area contributed by atoms with E-state index in [9.17, 15) is 9.18 Å². The molecule has 1 aliphatic rings. The molecule has 8 heteroatoms. The summed E-state index contributed by atoms with van der Waals surface area (Å²) >= 11 is 0. The second-order valence-corrected chi connectivity index (χ2v) is 7.33. The maximum absolute atomic E-state index is 14.6. The van der Waals surface area contributed by atoms with Crippen molar-refractivity contribution in [1.82, 2.24) is 24.6 Å². The zero-order valence-corrected chi connectivity index (χ0v) is 15.9. The zero-order valence-electron chi connectivity index (χ0n) is 15.9. The molecule has 148 valence electrons. The summed E-state index contributed by atoms with van der Waals surface area (Å²) in [7, 11) is 0. The number of aromatic amines is 1. The topological polar surface area (TPSA) is 90.6 Å². The maximum atomic E-state index is 14.6. The normalized spacial score (nSPS) is 16.1. The molecule has 5 rings (SSSR count). The number of H-pyrrole nitrogens is 1. The van der Waals surface area contributed by atoms with Crippen molar-refractivity contribution in [2.75, 3.05) is 13.1 Å². The number of likely N-dealkylation sites (tertiary alicyclic amines) is 1. The third-order valence-electron chi connectivity index (χ3n) is 5.43. The molecule has 1 saturated heterocycles. The van der Waals surface area contributed by atoms with Gasteiger partial charge in [-0.2, -0.15) is 10.4 Å². The fourth-order valence-corrected chi connectivity index (χ4v) is 3.90. The highest BCUT2D eigenvalue weighted by atomic mass is 19.1. The number of carbonyl (C=O) groups excluding carboxylic acids is 1. The summed E-state index contributed by atoms with van der Waals surface area (Å²) in [5.41, 5.74) is 2.59. The summed E-state index contributed by atoms with van der Waals surface area (Å²) in [6.07, 6.45) is 3.57. The van der Waals surface area contributed by atoms with E-state index in [0.717, 1.165) is 11.1 Å². The highest BCUT2D eigenvalue weighted by molar-refractivity contribution is 5.98. The lowest BCUT2D eigenvalue weighted by molar-refractivity contribution is 0.0785. The second kappa shape index (κ2) is 7.12. The Labute approximate surface area is 171 Å². The molecule has 0 radical (unpaired) electrons. The molecular formula is C22H17FN6O. The molecule has 1 amide bonds. The van der Waals surface area contributed by atoms with E-state index >= 15 is 0 Å². The van der Waals surface area contributed by atoms with Crippen molar-refractivity contribution in [2.24, 2.45) is 0 Å². The van der Waals surface area contributed by atoms with E-state index in [4.69, 9.17) is 5.26 Å². The van der Waals surface area contributed by atoms with E-state index in [1.807, 2.05) is 36.4 Å². The van der Waals surface area contributed by atoms with Gasteiger partial charge >= 0.3 is 0 Å². The van der Waals surface area contributed by atoms with Crippen molar-refractivity contribution in [2.45, 2.75) is 12.3 Å². The molecule has 0 saturated carbocycles. The smallest absolute Gasteiger partial charge is 0.270 e. The van der Waals surface area contributed by atoms with Crippen LogP contribution in [-0.2, 0) is 0 Å². The van der Waals surface area contributed by atoms with E-state index in [1.165, 1.54) is 10.9 Å². The Bertz CT molecular complexity index is 1290. The highest BCUT2D eigenvalue weighted by Gasteiger charge is 2.32. The van der Waals surface area contributed by atoms with Crippen molar-refractivity contribution in [3.63, 3.8) is 0 Å². The van der Waals surface area contributed by atoms with Gasteiger partial charge in [0, 0.05) is 24.4 Å². The summed E-state index contributed by atoms with van der Waals surface area (Å²) in [5, 5.41) is 14.2. The van der Waals surface area contributed by atoms with Gasteiger partial charge in [0.05, 0.1) is 23.6 Å². The fraction of sp³-hybridized carbons (Fsp3) is 0.182. The number of hydrogen-bond donors (Lipinski definition) is 1. The first-order valence-electron chi connectivity index (χ1n) is 9.61. The number of amides is 1. The van der Waals surface area contributed by atoms with E-state index in [2.05, 4.69) is 15.1 Å². The van der Waals surface area contributed by atoms with E-state index < -0.39 is 0 Å². The molecule has 1 aliphatic heterocycles. The number of aromatic nitrogens is 4. The summed E-state index contributed by atoms with van der Waals surface area (Å²) in [4.78, 5) is 21.7.